The summed E-state index contributed by atoms with van der Waals surface area (Å²) in [6.45, 7) is 2.08. The molecule has 0 aliphatic rings. The van der Waals surface area contributed by atoms with Crippen LogP contribution in [0.2, 0.25) is 0 Å². The molecule has 0 spiro atoms. The summed E-state index contributed by atoms with van der Waals surface area (Å²) in [6.07, 6.45) is 8.51. The van der Waals surface area contributed by atoms with E-state index in [1.807, 2.05) is 0 Å². The maximum Gasteiger partial charge on any atom is 0.246 e. The van der Waals surface area contributed by atoms with Crippen LogP contribution in [-0.2, 0) is 9.59 Å². The van der Waals surface area contributed by atoms with Gasteiger partial charge in [-0.3, -0.25) is 9.59 Å². The van der Waals surface area contributed by atoms with Crippen molar-refractivity contribution in [3.05, 3.63) is 65.7 Å². The largest absolute Gasteiger partial charge is 0.508 e. The molecule has 0 radical (unpaired) electrons. The van der Waals surface area contributed by atoms with Crippen LogP contribution in [0, 0.1) is 0 Å². The number of unbranched alkanes of at least 4 members (excludes halogenated alkanes) is 1. The molecule has 2 aromatic carbocycles. The number of phenolic OH excluding ortho intramolecular Hbond substituents is 2. The van der Waals surface area contributed by atoms with Gasteiger partial charge in [-0.05, 0) is 73.4 Å². The lowest BCUT2D eigenvalue weighted by Crippen LogP contribution is -2.34. The molecule has 0 aliphatic heterocycles. The normalized spacial score (nSPS) is 11.1. The Morgan fingerprint density at radius 1 is 0.971 bits per heavy atom. The molecular weight excluding hydrogens is 434 g/mol. The fourth-order valence-electron chi connectivity index (χ4n) is 3.15. The summed E-state index contributed by atoms with van der Waals surface area (Å²) in [7, 11) is 1.46. The third-order valence-corrected chi connectivity index (χ3v) is 5.04. The van der Waals surface area contributed by atoms with Crippen molar-refractivity contribution in [2.24, 2.45) is 5.73 Å². The highest BCUT2D eigenvalue weighted by molar-refractivity contribution is 5.92. The number of carbonyl (C=O) groups excluding carboxylic acids is 2. The molecule has 182 valence electrons. The van der Waals surface area contributed by atoms with Crippen LogP contribution < -0.4 is 15.8 Å². The van der Waals surface area contributed by atoms with Gasteiger partial charge in [0, 0.05) is 31.8 Å². The monoisotopic (exact) mass is 467 g/mol. The number of hydrogen-bond donors (Lipinski definition) is 4. The van der Waals surface area contributed by atoms with Crippen LogP contribution in [0.3, 0.4) is 0 Å². The maximum atomic E-state index is 12.7. The number of aromatic hydroxyl groups is 2. The molecule has 34 heavy (non-hydrogen) atoms. The van der Waals surface area contributed by atoms with E-state index in [1.54, 1.807) is 53.5 Å². The smallest absolute Gasteiger partial charge is 0.246 e. The van der Waals surface area contributed by atoms with Crippen LogP contribution in [0.25, 0.3) is 12.2 Å². The predicted octanol–water partition coefficient (Wildman–Crippen LogP) is 2.91. The van der Waals surface area contributed by atoms with E-state index in [1.165, 1.54) is 25.3 Å². The number of nitrogens with zero attached hydrogens (tertiary/aromatic N) is 1. The molecule has 2 amide bonds. The molecule has 0 fully saturated rings. The van der Waals surface area contributed by atoms with Crippen LogP contribution >= 0.6 is 0 Å². The molecule has 8 nitrogen and oxygen atoms in total. The van der Waals surface area contributed by atoms with Gasteiger partial charge in [0.2, 0.25) is 11.8 Å². The third kappa shape index (κ3) is 9.38. The molecule has 0 bridgehead atoms. The Balaban J connectivity index is 1.83. The standard InChI is InChI=1S/C26H33N3O5/c1-34-24-19-21(7-12-23(24)31)8-13-25(32)28-16-4-18-29(17-3-2-15-27)26(33)14-9-20-5-10-22(30)11-6-20/h5-14,19,30-31H,2-4,15-18,27H2,1H3,(H,28,32)/b13-8+,14-9+. The van der Waals surface area contributed by atoms with E-state index in [9.17, 15) is 19.8 Å². The van der Waals surface area contributed by atoms with Crippen molar-refractivity contribution in [2.75, 3.05) is 33.3 Å². The van der Waals surface area contributed by atoms with Gasteiger partial charge < -0.3 is 30.9 Å². The maximum absolute atomic E-state index is 12.7. The van der Waals surface area contributed by atoms with E-state index in [2.05, 4.69) is 5.32 Å². The van der Waals surface area contributed by atoms with Crippen molar-refractivity contribution in [1.29, 1.82) is 0 Å². The molecule has 0 heterocycles. The zero-order chi connectivity index (χ0) is 24.8. The number of phenols is 2. The molecule has 2 aromatic rings. The first kappa shape index (κ1) is 26.5. The second-order valence-electron chi connectivity index (χ2n) is 7.66. The summed E-state index contributed by atoms with van der Waals surface area (Å²) in [4.78, 5) is 26.5. The van der Waals surface area contributed by atoms with Gasteiger partial charge in [-0.2, -0.15) is 0 Å². The summed E-state index contributed by atoms with van der Waals surface area (Å²) in [5.74, 6) is 0.179. The van der Waals surface area contributed by atoms with Crippen LogP contribution in [-0.4, -0.2) is 60.2 Å². The number of amides is 2. The lowest BCUT2D eigenvalue weighted by Gasteiger charge is -2.21. The summed E-state index contributed by atoms with van der Waals surface area (Å²) >= 11 is 0. The van der Waals surface area contributed by atoms with Crippen molar-refractivity contribution >= 4 is 24.0 Å². The molecule has 0 saturated heterocycles. The third-order valence-electron chi connectivity index (χ3n) is 5.04. The predicted molar refractivity (Wildman–Crippen MR) is 133 cm³/mol. The minimum absolute atomic E-state index is 0.0348. The van der Waals surface area contributed by atoms with Gasteiger partial charge >= 0.3 is 0 Å². The number of ether oxygens (including phenoxy) is 1. The molecule has 8 heteroatoms. The quantitative estimate of drug-likeness (QED) is 0.265. The molecular formula is C26H33N3O5. The van der Waals surface area contributed by atoms with E-state index in [4.69, 9.17) is 10.5 Å². The molecule has 0 unspecified atom stereocenters. The molecule has 5 N–H and O–H groups in total. The van der Waals surface area contributed by atoms with Crippen molar-refractivity contribution in [1.82, 2.24) is 10.2 Å². The molecule has 0 aromatic heterocycles. The lowest BCUT2D eigenvalue weighted by molar-refractivity contribution is -0.126. The summed E-state index contributed by atoms with van der Waals surface area (Å²) in [5, 5.41) is 21.8. The number of benzene rings is 2. The van der Waals surface area contributed by atoms with Gasteiger partial charge in [-0.15, -0.1) is 0 Å². The highest BCUT2D eigenvalue weighted by Crippen LogP contribution is 2.26. The lowest BCUT2D eigenvalue weighted by atomic mass is 10.2. The first-order valence-corrected chi connectivity index (χ1v) is 11.2. The zero-order valence-corrected chi connectivity index (χ0v) is 19.4. The Kier molecular flexibility index (Phi) is 11.2. The summed E-state index contributed by atoms with van der Waals surface area (Å²) in [6, 6.07) is 11.4. The molecule has 0 atom stereocenters. The van der Waals surface area contributed by atoms with Crippen molar-refractivity contribution in [3.8, 4) is 17.2 Å². The van der Waals surface area contributed by atoms with E-state index >= 15 is 0 Å². The van der Waals surface area contributed by atoms with Gasteiger partial charge in [-0.1, -0.05) is 18.2 Å². The average Bonchev–Trinajstić information content (AvgIpc) is 2.84. The number of methoxy groups -OCH3 is 1. The minimum Gasteiger partial charge on any atom is -0.508 e. The molecule has 2 rings (SSSR count). The minimum atomic E-state index is -0.250. The van der Waals surface area contributed by atoms with Gasteiger partial charge in [0.25, 0.3) is 0 Å². The Morgan fingerprint density at radius 2 is 1.65 bits per heavy atom. The van der Waals surface area contributed by atoms with Crippen molar-refractivity contribution in [3.63, 3.8) is 0 Å². The Hall–Kier alpha value is -3.78. The highest BCUT2D eigenvalue weighted by Gasteiger charge is 2.10. The zero-order valence-electron chi connectivity index (χ0n) is 19.4. The van der Waals surface area contributed by atoms with Crippen molar-refractivity contribution in [2.45, 2.75) is 19.3 Å². The second-order valence-corrected chi connectivity index (χ2v) is 7.66. The first-order chi connectivity index (χ1) is 16.4. The van der Waals surface area contributed by atoms with Crippen LogP contribution in [0.4, 0.5) is 0 Å². The van der Waals surface area contributed by atoms with E-state index < -0.39 is 0 Å². The van der Waals surface area contributed by atoms with E-state index in [0.717, 1.165) is 24.0 Å². The van der Waals surface area contributed by atoms with Gasteiger partial charge in [0.15, 0.2) is 11.5 Å². The van der Waals surface area contributed by atoms with Crippen LogP contribution in [0.5, 0.6) is 17.2 Å². The Morgan fingerprint density at radius 3 is 2.35 bits per heavy atom. The van der Waals surface area contributed by atoms with Gasteiger partial charge in [0.1, 0.15) is 5.75 Å². The SMILES string of the molecule is COc1cc(/C=C/C(=O)NCCCN(CCCCN)C(=O)/C=C/c2ccc(O)cc2)ccc1O. The summed E-state index contributed by atoms with van der Waals surface area (Å²) in [5.41, 5.74) is 7.12. The number of nitrogens with one attached hydrogen (secondary N) is 1. The fourth-order valence-corrected chi connectivity index (χ4v) is 3.15. The van der Waals surface area contributed by atoms with Crippen LogP contribution in [0.15, 0.2) is 54.6 Å². The second kappa shape index (κ2) is 14.4. The van der Waals surface area contributed by atoms with Crippen LogP contribution in [0.1, 0.15) is 30.4 Å². The number of hydrogen-bond acceptors (Lipinski definition) is 6. The van der Waals surface area contributed by atoms with E-state index in [-0.39, 0.29) is 23.3 Å². The van der Waals surface area contributed by atoms with Gasteiger partial charge in [-0.25, -0.2) is 0 Å². The molecule has 0 aliphatic carbocycles. The number of carbonyl (C=O) groups is 2. The molecule has 0 saturated carbocycles. The van der Waals surface area contributed by atoms with Gasteiger partial charge in [0.05, 0.1) is 7.11 Å². The number of nitrogens with two attached hydrogens (primary N) is 1. The van der Waals surface area contributed by atoms with Crippen molar-refractivity contribution < 1.29 is 24.5 Å². The summed E-state index contributed by atoms with van der Waals surface area (Å²) < 4.78 is 5.06. The first-order valence-electron chi connectivity index (χ1n) is 11.2. The van der Waals surface area contributed by atoms with E-state index in [0.29, 0.717) is 38.3 Å². The Labute approximate surface area is 200 Å². The fraction of sp³-hybridized carbons (Fsp3) is 0.308. The Bertz CT molecular complexity index is 986. The highest BCUT2D eigenvalue weighted by atomic mass is 16.5. The average molecular weight is 468 g/mol. The topological polar surface area (TPSA) is 125 Å². The number of rotatable bonds is 13.